The van der Waals surface area contributed by atoms with Crippen LogP contribution in [0.25, 0.3) is 0 Å². The Hall–Kier alpha value is -3.65. The number of nitrogens with zero attached hydrogens (tertiary/aromatic N) is 2. The van der Waals surface area contributed by atoms with Crippen LogP contribution < -0.4 is 4.90 Å². The van der Waals surface area contributed by atoms with E-state index < -0.39 is 85.1 Å². The van der Waals surface area contributed by atoms with E-state index in [2.05, 4.69) is 0 Å². The minimum absolute atomic E-state index is 0.0661. The van der Waals surface area contributed by atoms with Gasteiger partial charge in [-0.2, -0.15) is 39.5 Å². The van der Waals surface area contributed by atoms with Gasteiger partial charge in [0.15, 0.2) is 0 Å². The van der Waals surface area contributed by atoms with E-state index >= 15 is 0 Å². The minimum atomic E-state index is -5.21. The zero-order chi connectivity index (χ0) is 33.4. The summed E-state index contributed by atoms with van der Waals surface area (Å²) >= 11 is 0. The fourth-order valence-corrected chi connectivity index (χ4v) is 4.65. The molecule has 2 aromatic rings. The van der Waals surface area contributed by atoms with Crippen molar-refractivity contribution in [2.45, 2.75) is 63.8 Å². The summed E-state index contributed by atoms with van der Waals surface area (Å²) in [4.78, 5) is 27.5. The molecular weight excluding hydrogens is 575 g/mol. The number of alkyl halides is 9. The first kappa shape index (κ1) is 27.5. The highest BCUT2D eigenvalue weighted by molar-refractivity contribution is 5.90. The van der Waals surface area contributed by atoms with Gasteiger partial charge < -0.3 is 9.47 Å². The number of carbonyl (C=O) groups excluding carboxylic acids is 2. The Morgan fingerprint density at radius 2 is 1.54 bits per heavy atom. The maximum Gasteiger partial charge on any atom is 0.416 e. The average Bonchev–Trinajstić information content (AvgIpc) is 2.91. The van der Waals surface area contributed by atoms with E-state index in [1.54, 1.807) is 6.92 Å². The first-order valence-corrected chi connectivity index (χ1v) is 11.9. The molecule has 2 amide bonds. The number of ether oxygens (including phenoxy) is 2. The van der Waals surface area contributed by atoms with Crippen molar-refractivity contribution in [1.82, 2.24) is 4.90 Å². The van der Waals surface area contributed by atoms with Crippen molar-refractivity contribution in [3.05, 3.63) is 64.2 Å². The van der Waals surface area contributed by atoms with Gasteiger partial charge >= 0.3 is 30.7 Å². The van der Waals surface area contributed by atoms with Gasteiger partial charge in [0.25, 0.3) is 0 Å². The molecule has 0 fully saturated rings. The molecule has 3 rings (SSSR count). The Morgan fingerprint density at radius 3 is 2.02 bits per heavy atom. The van der Waals surface area contributed by atoms with Crippen molar-refractivity contribution in [3.8, 4) is 0 Å². The molecule has 0 saturated carbocycles. The van der Waals surface area contributed by atoms with Crippen LogP contribution in [0.1, 0.15) is 64.6 Å². The number of benzene rings is 2. The standard InChI is InChI=1S/C26H25F9N2O4/c1-4-18-12-21(19-11-15(24(27,28)29)6-7-20(19)37(18)23(39)41-5-2)36(22(38)40-3)13-14-8-16(25(30,31)32)10-17(9-14)26(33,34)35/h6-11,18,21H,4-5,12-13H2,1-3H3/t18-,21-/m0/s1/i2D3. The molecular formula is C26H25F9N2O4. The molecule has 0 N–H and O–H groups in total. The second-order valence-corrected chi connectivity index (χ2v) is 9.02. The number of methoxy groups -OCH3 is 1. The van der Waals surface area contributed by atoms with Crippen LogP contribution in [0.15, 0.2) is 36.4 Å². The van der Waals surface area contributed by atoms with Crippen molar-refractivity contribution in [2.75, 3.05) is 18.6 Å². The van der Waals surface area contributed by atoms with Gasteiger partial charge in [-0.25, -0.2) is 9.59 Å². The molecule has 1 aliphatic heterocycles. The van der Waals surface area contributed by atoms with E-state index in [4.69, 9.17) is 13.6 Å². The molecule has 226 valence electrons. The van der Waals surface area contributed by atoms with Crippen LogP contribution in [0.5, 0.6) is 0 Å². The van der Waals surface area contributed by atoms with Crippen molar-refractivity contribution >= 4 is 17.9 Å². The maximum atomic E-state index is 13.7. The lowest BCUT2D eigenvalue weighted by molar-refractivity contribution is -0.143. The Balaban J connectivity index is 2.21. The average molecular weight is 603 g/mol. The second-order valence-electron chi connectivity index (χ2n) is 9.02. The topological polar surface area (TPSA) is 59.1 Å². The van der Waals surface area contributed by atoms with Gasteiger partial charge in [-0.15, -0.1) is 0 Å². The lowest BCUT2D eigenvalue weighted by Crippen LogP contribution is -2.48. The second kappa shape index (κ2) is 11.7. The van der Waals surface area contributed by atoms with E-state index in [1.165, 1.54) is 0 Å². The summed E-state index contributed by atoms with van der Waals surface area (Å²) in [6.45, 7) is -3.16. The Labute approximate surface area is 232 Å². The fourth-order valence-electron chi connectivity index (χ4n) is 4.65. The zero-order valence-electron chi connectivity index (χ0n) is 24.4. The summed E-state index contributed by atoms with van der Waals surface area (Å²) in [5.41, 5.74) is -5.85. The number of hydrogen-bond donors (Lipinski definition) is 0. The highest BCUT2D eigenvalue weighted by Crippen LogP contribution is 2.45. The van der Waals surface area contributed by atoms with Crippen LogP contribution in [0.3, 0.4) is 0 Å². The van der Waals surface area contributed by atoms with E-state index in [0.29, 0.717) is 29.2 Å². The third kappa shape index (κ3) is 6.99. The lowest BCUT2D eigenvalue weighted by Gasteiger charge is -2.43. The molecule has 2 aromatic carbocycles. The first-order chi connectivity index (χ1) is 20.1. The lowest BCUT2D eigenvalue weighted by atomic mass is 9.87. The molecule has 15 heteroatoms. The SMILES string of the molecule is [2H]C([2H])([2H])COC(=O)N1c2ccc(C(F)(F)F)cc2[C@@H](N(Cc2cc(C(F)(F)F)cc(C(F)(F)F)c2)C(=O)OC)C[C@@H]1CC. The molecule has 0 saturated heterocycles. The van der Waals surface area contributed by atoms with Gasteiger partial charge in [0.1, 0.15) is 0 Å². The van der Waals surface area contributed by atoms with E-state index in [-0.39, 0.29) is 30.2 Å². The highest BCUT2D eigenvalue weighted by atomic mass is 19.4. The summed E-state index contributed by atoms with van der Waals surface area (Å²) in [5.74, 6) is 0. The number of amides is 2. The number of rotatable bonds is 5. The van der Waals surface area contributed by atoms with Crippen molar-refractivity contribution in [1.29, 1.82) is 0 Å². The van der Waals surface area contributed by atoms with Crippen molar-refractivity contribution in [2.24, 2.45) is 0 Å². The van der Waals surface area contributed by atoms with Gasteiger partial charge in [-0.3, -0.25) is 9.80 Å². The van der Waals surface area contributed by atoms with E-state index in [0.717, 1.165) is 18.1 Å². The van der Waals surface area contributed by atoms with Crippen molar-refractivity contribution < 1.29 is 62.7 Å². The Bertz CT molecular complexity index is 1350. The minimum Gasteiger partial charge on any atom is -0.453 e. The summed E-state index contributed by atoms with van der Waals surface area (Å²) in [5, 5.41) is 0. The van der Waals surface area contributed by atoms with Crippen LogP contribution in [0, 0.1) is 0 Å². The van der Waals surface area contributed by atoms with Crippen LogP contribution in [0.4, 0.5) is 54.8 Å². The number of carbonyl (C=O) groups is 2. The van der Waals surface area contributed by atoms with Crippen LogP contribution in [-0.2, 0) is 34.5 Å². The maximum absolute atomic E-state index is 13.7. The molecule has 0 bridgehead atoms. The van der Waals surface area contributed by atoms with Gasteiger partial charge in [0.05, 0.1) is 42.1 Å². The Kier molecular flexibility index (Phi) is 7.84. The normalized spacial score (nSPS) is 19.0. The summed E-state index contributed by atoms with van der Waals surface area (Å²) < 4.78 is 154. The summed E-state index contributed by atoms with van der Waals surface area (Å²) in [6, 6.07) is 0.279. The van der Waals surface area contributed by atoms with E-state index in [9.17, 15) is 49.1 Å². The summed E-state index contributed by atoms with van der Waals surface area (Å²) in [7, 11) is 0.855. The number of anilines is 1. The molecule has 0 aromatic heterocycles. The third-order valence-electron chi connectivity index (χ3n) is 6.48. The number of halogens is 9. The molecule has 2 atom stereocenters. The van der Waals surface area contributed by atoms with Crippen LogP contribution in [-0.4, -0.2) is 36.8 Å². The molecule has 0 unspecified atom stereocenters. The molecule has 1 heterocycles. The molecule has 6 nitrogen and oxygen atoms in total. The quantitative estimate of drug-likeness (QED) is 0.324. The monoisotopic (exact) mass is 603 g/mol. The summed E-state index contributed by atoms with van der Waals surface area (Å²) in [6.07, 6.45) is -18.2. The number of fused-ring (bicyclic) bond motifs is 1. The van der Waals surface area contributed by atoms with Gasteiger partial charge in [0, 0.05) is 16.7 Å². The molecule has 0 aliphatic carbocycles. The van der Waals surface area contributed by atoms with Gasteiger partial charge in [-0.1, -0.05) is 6.92 Å². The molecule has 41 heavy (non-hydrogen) atoms. The van der Waals surface area contributed by atoms with Gasteiger partial charge in [0.2, 0.25) is 0 Å². The third-order valence-corrected chi connectivity index (χ3v) is 6.48. The van der Waals surface area contributed by atoms with Crippen LogP contribution in [0.2, 0.25) is 0 Å². The number of hydrogen-bond acceptors (Lipinski definition) is 4. The Morgan fingerprint density at radius 1 is 0.951 bits per heavy atom. The first-order valence-electron chi connectivity index (χ1n) is 13.4. The van der Waals surface area contributed by atoms with Gasteiger partial charge in [-0.05, 0) is 67.2 Å². The highest BCUT2D eigenvalue weighted by Gasteiger charge is 2.43. The largest absolute Gasteiger partial charge is 0.453 e. The molecule has 0 radical (unpaired) electrons. The molecule has 1 aliphatic rings. The smallest absolute Gasteiger partial charge is 0.416 e. The predicted octanol–water partition coefficient (Wildman–Crippen LogP) is 8.20. The fraction of sp³-hybridized carbons (Fsp3) is 0.462. The van der Waals surface area contributed by atoms with Crippen LogP contribution >= 0.6 is 0 Å². The molecule has 0 spiro atoms. The van der Waals surface area contributed by atoms with Crippen molar-refractivity contribution in [3.63, 3.8) is 0 Å². The van der Waals surface area contributed by atoms with E-state index in [1.807, 2.05) is 0 Å². The zero-order valence-corrected chi connectivity index (χ0v) is 21.4. The predicted molar refractivity (Wildman–Crippen MR) is 127 cm³/mol.